The van der Waals surface area contributed by atoms with Crippen LogP contribution < -0.4 is 14.9 Å². The lowest BCUT2D eigenvalue weighted by molar-refractivity contribution is -0.127. The van der Waals surface area contributed by atoms with Crippen molar-refractivity contribution in [2.45, 2.75) is 19.6 Å². The molecule has 30 heavy (non-hydrogen) atoms. The van der Waals surface area contributed by atoms with E-state index in [2.05, 4.69) is 10.5 Å². The Hall–Kier alpha value is -3.86. The number of hydrogen-bond acceptors (Lipinski definition) is 4. The molecule has 0 heterocycles. The minimum atomic E-state index is -0.684. The van der Waals surface area contributed by atoms with Gasteiger partial charge < -0.3 is 9.47 Å². The third kappa shape index (κ3) is 6.95. The first kappa shape index (κ1) is 20.9. The van der Waals surface area contributed by atoms with Crippen molar-refractivity contribution in [1.29, 1.82) is 0 Å². The Morgan fingerprint density at radius 2 is 1.57 bits per heavy atom. The molecule has 0 bridgehead atoms. The van der Waals surface area contributed by atoms with Crippen LogP contribution in [0.1, 0.15) is 18.1 Å². The van der Waals surface area contributed by atoms with Crippen LogP contribution in [-0.4, -0.2) is 18.2 Å². The molecule has 1 amide bonds. The number of rotatable bonds is 9. The Labute approximate surface area is 176 Å². The summed E-state index contributed by atoms with van der Waals surface area (Å²) in [5, 5.41) is 3.90. The van der Waals surface area contributed by atoms with Gasteiger partial charge in [-0.15, -0.1) is 0 Å². The molecule has 0 spiro atoms. The minimum Gasteiger partial charge on any atom is -0.489 e. The number of benzene rings is 3. The molecule has 0 aliphatic rings. The number of amides is 1. The quantitative estimate of drug-likeness (QED) is 0.413. The molecule has 0 fully saturated rings. The fraction of sp³-hybridized carbons (Fsp3) is 0.120. The van der Waals surface area contributed by atoms with Crippen LogP contribution in [0.3, 0.4) is 0 Å². The zero-order valence-electron chi connectivity index (χ0n) is 16.8. The molecule has 1 atom stereocenters. The molecule has 0 saturated heterocycles. The SMILES string of the molecule is C[C@@H](Oc1ccc(OCc2ccccc2)cc1)C(=O)N/N=C\C=C\c1ccccc1. The van der Waals surface area contributed by atoms with E-state index in [4.69, 9.17) is 9.47 Å². The van der Waals surface area contributed by atoms with E-state index in [1.165, 1.54) is 6.21 Å². The Bertz CT molecular complexity index is 968. The van der Waals surface area contributed by atoms with Crippen LogP contribution in [0.15, 0.2) is 96.1 Å². The maximum atomic E-state index is 12.1. The molecule has 0 unspecified atom stereocenters. The van der Waals surface area contributed by atoms with Crippen molar-refractivity contribution in [3.8, 4) is 11.5 Å². The predicted molar refractivity (Wildman–Crippen MR) is 119 cm³/mol. The summed E-state index contributed by atoms with van der Waals surface area (Å²) in [5.41, 5.74) is 4.63. The Morgan fingerprint density at radius 1 is 0.933 bits per heavy atom. The largest absolute Gasteiger partial charge is 0.489 e. The molecular weight excluding hydrogens is 376 g/mol. The normalized spacial score (nSPS) is 12.0. The molecule has 0 radical (unpaired) electrons. The van der Waals surface area contributed by atoms with Crippen LogP contribution in [-0.2, 0) is 11.4 Å². The topological polar surface area (TPSA) is 59.9 Å². The first-order valence-corrected chi connectivity index (χ1v) is 9.69. The number of hydrazone groups is 1. The monoisotopic (exact) mass is 400 g/mol. The third-order valence-electron chi connectivity index (χ3n) is 4.18. The average molecular weight is 400 g/mol. The van der Waals surface area contributed by atoms with E-state index < -0.39 is 6.10 Å². The van der Waals surface area contributed by atoms with Gasteiger partial charge in [0.05, 0.1) is 0 Å². The molecule has 5 nitrogen and oxygen atoms in total. The van der Waals surface area contributed by atoms with Gasteiger partial charge in [-0.25, -0.2) is 5.43 Å². The first-order valence-electron chi connectivity index (χ1n) is 9.69. The summed E-state index contributed by atoms with van der Waals surface area (Å²) in [5.74, 6) is 0.986. The first-order chi connectivity index (χ1) is 14.7. The molecular formula is C25H24N2O3. The van der Waals surface area contributed by atoms with Gasteiger partial charge in [-0.1, -0.05) is 66.7 Å². The van der Waals surface area contributed by atoms with Gasteiger partial charge in [-0.05, 0) is 48.4 Å². The van der Waals surface area contributed by atoms with Gasteiger partial charge in [0, 0.05) is 6.21 Å². The zero-order valence-corrected chi connectivity index (χ0v) is 16.8. The lowest BCUT2D eigenvalue weighted by Gasteiger charge is -2.13. The number of carbonyl (C=O) groups excluding carboxylic acids is 1. The van der Waals surface area contributed by atoms with Crippen LogP contribution in [0.4, 0.5) is 0 Å². The van der Waals surface area contributed by atoms with Gasteiger partial charge in [0.2, 0.25) is 0 Å². The number of nitrogens with zero attached hydrogens (tertiary/aromatic N) is 1. The molecule has 0 aliphatic carbocycles. The summed E-state index contributed by atoms with van der Waals surface area (Å²) >= 11 is 0. The maximum Gasteiger partial charge on any atom is 0.280 e. The zero-order chi connectivity index (χ0) is 21.0. The molecule has 1 N–H and O–H groups in total. The highest BCUT2D eigenvalue weighted by Crippen LogP contribution is 2.19. The Balaban J connectivity index is 1.42. The second-order valence-corrected chi connectivity index (χ2v) is 6.53. The van der Waals surface area contributed by atoms with Crippen molar-refractivity contribution in [3.05, 3.63) is 102 Å². The Morgan fingerprint density at radius 3 is 2.27 bits per heavy atom. The van der Waals surface area contributed by atoms with Gasteiger partial charge in [0.1, 0.15) is 18.1 Å². The molecule has 5 heteroatoms. The van der Waals surface area contributed by atoms with Gasteiger partial charge in [0.15, 0.2) is 6.10 Å². The molecule has 3 aromatic carbocycles. The van der Waals surface area contributed by atoms with Gasteiger partial charge in [-0.2, -0.15) is 5.10 Å². The third-order valence-corrected chi connectivity index (χ3v) is 4.18. The van der Waals surface area contributed by atoms with E-state index in [0.29, 0.717) is 12.4 Å². The van der Waals surface area contributed by atoms with Crippen LogP contribution in [0, 0.1) is 0 Å². The fourth-order valence-corrected chi connectivity index (χ4v) is 2.57. The fourth-order valence-electron chi connectivity index (χ4n) is 2.57. The van der Waals surface area contributed by atoms with Gasteiger partial charge in [0.25, 0.3) is 5.91 Å². The van der Waals surface area contributed by atoms with Crippen molar-refractivity contribution in [2.24, 2.45) is 5.10 Å². The van der Waals surface area contributed by atoms with Crippen molar-refractivity contribution in [1.82, 2.24) is 5.43 Å². The van der Waals surface area contributed by atoms with E-state index in [9.17, 15) is 4.79 Å². The van der Waals surface area contributed by atoms with Crippen LogP contribution in [0.2, 0.25) is 0 Å². The number of ether oxygens (including phenoxy) is 2. The van der Waals surface area contributed by atoms with E-state index in [1.54, 1.807) is 25.1 Å². The highest BCUT2D eigenvalue weighted by atomic mass is 16.5. The van der Waals surface area contributed by atoms with Crippen LogP contribution in [0.5, 0.6) is 11.5 Å². The van der Waals surface area contributed by atoms with Crippen LogP contribution >= 0.6 is 0 Å². The molecule has 0 aromatic heterocycles. The lowest BCUT2D eigenvalue weighted by Crippen LogP contribution is -2.33. The predicted octanol–water partition coefficient (Wildman–Crippen LogP) is 4.85. The number of hydrogen-bond donors (Lipinski definition) is 1. The molecule has 3 aromatic rings. The Kier molecular flexibility index (Phi) is 7.80. The average Bonchev–Trinajstić information content (AvgIpc) is 2.79. The summed E-state index contributed by atoms with van der Waals surface area (Å²) < 4.78 is 11.4. The highest BCUT2D eigenvalue weighted by Gasteiger charge is 2.13. The summed E-state index contributed by atoms with van der Waals surface area (Å²) in [7, 11) is 0. The van der Waals surface area contributed by atoms with E-state index >= 15 is 0 Å². The maximum absolute atomic E-state index is 12.1. The van der Waals surface area contributed by atoms with Gasteiger partial charge in [-0.3, -0.25) is 4.79 Å². The van der Waals surface area contributed by atoms with Crippen molar-refractivity contribution in [2.75, 3.05) is 0 Å². The van der Waals surface area contributed by atoms with E-state index in [-0.39, 0.29) is 5.91 Å². The molecule has 0 saturated carbocycles. The number of nitrogens with one attached hydrogen (secondary N) is 1. The van der Waals surface area contributed by atoms with Crippen molar-refractivity contribution < 1.29 is 14.3 Å². The standard InChI is InChI=1S/C25H24N2O3/c1-20(25(28)27-26-18-8-13-21-9-4-2-5-10-21)30-24-16-14-23(15-17-24)29-19-22-11-6-3-7-12-22/h2-18,20H,19H2,1H3,(H,27,28)/b13-8+,26-18-/t20-/m1/s1. The highest BCUT2D eigenvalue weighted by molar-refractivity contribution is 5.83. The number of allylic oxidation sites excluding steroid dienone is 1. The smallest absolute Gasteiger partial charge is 0.280 e. The summed E-state index contributed by atoms with van der Waals surface area (Å²) in [6.07, 6.45) is 4.50. The summed E-state index contributed by atoms with van der Waals surface area (Å²) in [6, 6.07) is 27.0. The van der Waals surface area contributed by atoms with E-state index in [0.717, 1.165) is 16.9 Å². The molecule has 152 valence electrons. The van der Waals surface area contributed by atoms with Crippen molar-refractivity contribution >= 4 is 18.2 Å². The minimum absolute atomic E-state index is 0.330. The number of carbonyl (C=O) groups is 1. The van der Waals surface area contributed by atoms with Crippen LogP contribution in [0.25, 0.3) is 6.08 Å². The molecule has 0 aliphatic heterocycles. The second kappa shape index (κ2) is 11.2. The van der Waals surface area contributed by atoms with Crippen molar-refractivity contribution in [3.63, 3.8) is 0 Å². The van der Waals surface area contributed by atoms with E-state index in [1.807, 2.05) is 78.9 Å². The summed E-state index contributed by atoms with van der Waals surface area (Å²) in [4.78, 5) is 12.1. The van der Waals surface area contributed by atoms with Gasteiger partial charge >= 0.3 is 0 Å². The molecule has 3 rings (SSSR count). The lowest BCUT2D eigenvalue weighted by atomic mass is 10.2. The summed E-state index contributed by atoms with van der Waals surface area (Å²) in [6.45, 7) is 2.17. The second-order valence-electron chi connectivity index (χ2n) is 6.53.